The molecule has 1 amide bonds. The normalized spacial score (nSPS) is 29.9. The van der Waals surface area contributed by atoms with Crippen LogP contribution in [0.3, 0.4) is 0 Å². The maximum absolute atomic E-state index is 12.6. The van der Waals surface area contributed by atoms with Gasteiger partial charge < -0.3 is 15.8 Å². The number of hydrogen-bond acceptors (Lipinski definition) is 6. The van der Waals surface area contributed by atoms with E-state index < -0.39 is 5.97 Å². The molecule has 0 radical (unpaired) electrons. The first-order valence-corrected chi connectivity index (χ1v) is 11.3. The van der Waals surface area contributed by atoms with Gasteiger partial charge in [0.2, 0.25) is 0 Å². The summed E-state index contributed by atoms with van der Waals surface area (Å²) in [5, 5.41) is 4.03. The minimum atomic E-state index is -0.553. The number of aryl methyl sites for hydroxylation is 2. The summed E-state index contributed by atoms with van der Waals surface area (Å²) in [5.74, 6) is 1.50. The molecule has 4 aliphatic rings. The fourth-order valence-electron chi connectivity index (χ4n) is 6.41. The standard InChI is InChI=1S/C22H27N3O3S/c1-11-3-12(2)24-20-17(11)18(23)19(29-20)21(27)28-10-16(26)25-22-7-13-4-14(8-22)6-15(5-13)9-22/h3,13-15H,4-10,23H2,1-2H3,(H,25,26). The number of anilines is 1. The van der Waals surface area contributed by atoms with Crippen LogP contribution in [-0.4, -0.2) is 29.0 Å². The van der Waals surface area contributed by atoms with Gasteiger partial charge in [-0.25, -0.2) is 9.78 Å². The van der Waals surface area contributed by atoms with Gasteiger partial charge in [-0.15, -0.1) is 11.3 Å². The summed E-state index contributed by atoms with van der Waals surface area (Å²) in [6.45, 7) is 3.60. The number of aromatic nitrogens is 1. The molecule has 6 rings (SSSR count). The number of pyridine rings is 1. The Labute approximate surface area is 174 Å². The Morgan fingerprint density at radius 3 is 2.45 bits per heavy atom. The molecule has 4 bridgehead atoms. The van der Waals surface area contributed by atoms with Gasteiger partial charge in [0.05, 0.1) is 5.69 Å². The quantitative estimate of drug-likeness (QED) is 0.745. The smallest absolute Gasteiger partial charge is 0.351 e. The van der Waals surface area contributed by atoms with Crippen LogP contribution in [0.5, 0.6) is 0 Å². The van der Waals surface area contributed by atoms with Crippen molar-refractivity contribution in [3.63, 3.8) is 0 Å². The lowest BCUT2D eigenvalue weighted by Crippen LogP contribution is -2.60. The van der Waals surface area contributed by atoms with E-state index in [9.17, 15) is 9.59 Å². The molecule has 0 saturated heterocycles. The van der Waals surface area contributed by atoms with Crippen LogP contribution in [0.1, 0.15) is 59.5 Å². The molecule has 2 aromatic rings. The molecule has 4 fully saturated rings. The van der Waals surface area contributed by atoms with Crippen molar-refractivity contribution in [3.05, 3.63) is 22.2 Å². The highest BCUT2D eigenvalue weighted by molar-refractivity contribution is 7.21. The number of carbonyl (C=O) groups excluding carboxylic acids is 2. The second-order valence-electron chi connectivity index (χ2n) is 9.43. The Balaban J connectivity index is 1.25. The number of hydrogen-bond donors (Lipinski definition) is 2. The van der Waals surface area contributed by atoms with Crippen molar-refractivity contribution < 1.29 is 14.3 Å². The number of nitrogen functional groups attached to an aromatic ring is 1. The number of ether oxygens (including phenoxy) is 1. The third-order valence-electron chi connectivity index (χ3n) is 6.99. The van der Waals surface area contributed by atoms with Crippen LogP contribution in [-0.2, 0) is 9.53 Å². The number of carbonyl (C=O) groups is 2. The lowest BCUT2D eigenvalue weighted by Gasteiger charge is -2.56. The van der Waals surface area contributed by atoms with Crippen molar-refractivity contribution in [3.8, 4) is 0 Å². The molecule has 7 heteroatoms. The van der Waals surface area contributed by atoms with E-state index in [0.29, 0.717) is 10.6 Å². The van der Waals surface area contributed by atoms with Gasteiger partial charge in [-0.2, -0.15) is 0 Å². The van der Waals surface area contributed by atoms with Crippen molar-refractivity contribution in [2.45, 2.75) is 57.9 Å². The minimum Gasteiger partial charge on any atom is -0.451 e. The molecule has 154 valence electrons. The summed E-state index contributed by atoms with van der Waals surface area (Å²) < 4.78 is 5.34. The summed E-state index contributed by atoms with van der Waals surface area (Å²) in [5.41, 5.74) is 8.38. The topological polar surface area (TPSA) is 94.3 Å². The third kappa shape index (κ3) is 3.29. The van der Waals surface area contributed by atoms with Gasteiger partial charge in [-0.3, -0.25) is 4.79 Å². The zero-order valence-corrected chi connectivity index (χ0v) is 17.7. The molecule has 4 aliphatic carbocycles. The number of rotatable bonds is 4. The first-order chi connectivity index (χ1) is 13.8. The highest BCUT2D eigenvalue weighted by atomic mass is 32.1. The lowest BCUT2D eigenvalue weighted by atomic mass is 9.53. The van der Waals surface area contributed by atoms with Gasteiger partial charge in [0, 0.05) is 16.6 Å². The number of thiophene rings is 1. The number of nitrogens with two attached hydrogens (primary N) is 1. The zero-order chi connectivity index (χ0) is 20.3. The maximum Gasteiger partial charge on any atom is 0.351 e. The van der Waals surface area contributed by atoms with Crippen LogP contribution >= 0.6 is 11.3 Å². The number of esters is 1. The zero-order valence-electron chi connectivity index (χ0n) is 16.9. The summed E-state index contributed by atoms with van der Waals surface area (Å²) in [6, 6.07) is 1.94. The molecule has 0 aliphatic heterocycles. The number of fused-ring (bicyclic) bond motifs is 1. The molecule has 4 saturated carbocycles. The molecule has 29 heavy (non-hydrogen) atoms. The van der Waals surface area contributed by atoms with Gasteiger partial charge in [-0.05, 0) is 81.8 Å². The van der Waals surface area contributed by atoms with Crippen LogP contribution in [0.2, 0.25) is 0 Å². The molecule has 6 nitrogen and oxygen atoms in total. The number of nitrogens with one attached hydrogen (secondary N) is 1. The van der Waals surface area contributed by atoms with Crippen molar-refractivity contribution in [1.29, 1.82) is 0 Å². The van der Waals surface area contributed by atoms with E-state index in [1.54, 1.807) is 0 Å². The predicted octanol–water partition coefficient (Wildman–Crippen LogP) is 3.74. The fraction of sp³-hybridized carbons (Fsp3) is 0.591. The molecule has 0 unspecified atom stereocenters. The molecular weight excluding hydrogens is 386 g/mol. The third-order valence-corrected chi connectivity index (χ3v) is 8.07. The van der Waals surface area contributed by atoms with Crippen molar-refractivity contribution in [2.75, 3.05) is 12.3 Å². The summed E-state index contributed by atoms with van der Waals surface area (Å²) in [4.78, 5) is 30.7. The minimum absolute atomic E-state index is 0.0760. The molecule has 3 N–H and O–H groups in total. The van der Waals surface area contributed by atoms with Crippen LogP contribution in [0, 0.1) is 31.6 Å². The summed E-state index contributed by atoms with van der Waals surface area (Å²) in [6.07, 6.45) is 7.19. The lowest BCUT2D eigenvalue weighted by molar-refractivity contribution is -0.130. The molecule has 0 aromatic carbocycles. The van der Waals surface area contributed by atoms with E-state index in [-0.39, 0.29) is 18.1 Å². The van der Waals surface area contributed by atoms with Crippen LogP contribution in [0.15, 0.2) is 6.07 Å². The Bertz CT molecular complexity index is 977. The largest absolute Gasteiger partial charge is 0.451 e. The highest BCUT2D eigenvalue weighted by Crippen LogP contribution is 2.55. The molecule has 2 aromatic heterocycles. The van der Waals surface area contributed by atoms with Crippen molar-refractivity contribution in [2.24, 2.45) is 17.8 Å². The van der Waals surface area contributed by atoms with Gasteiger partial charge in [0.25, 0.3) is 5.91 Å². The average Bonchev–Trinajstić information content (AvgIpc) is 2.94. The Morgan fingerprint density at radius 2 is 1.83 bits per heavy atom. The van der Waals surface area contributed by atoms with E-state index in [2.05, 4.69) is 10.3 Å². The summed E-state index contributed by atoms with van der Waals surface area (Å²) >= 11 is 1.22. The first-order valence-electron chi connectivity index (χ1n) is 10.5. The van der Waals surface area contributed by atoms with E-state index in [4.69, 9.17) is 10.5 Å². The fourth-order valence-corrected chi connectivity index (χ4v) is 7.52. The second kappa shape index (κ2) is 6.69. The Hall–Kier alpha value is -2.15. The number of nitrogens with zero attached hydrogens (tertiary/aromatic N) is 1. The monoisotopic (exact) mass is 413 g/mol. The van der Waals surface area contributed by atoms with E-state index in [1.807, 2.05) is 19.9 Å². The maximum atomic E-state index is 12.6. The molecule has 0 atom stereocenters. The SMILES string of the molecule is Cc1cc(C)c2c(N)c(C(=O)OCC(=O)NC34CC5CC(CC(C5)C3)C4)sc2n1. The van der Waals surface area contributed by atoms with Crippen LogP contribution in [0.4, 0.5) is 5.69 Å². The van der Waals surface area contributed by atoms with Crippen LogP contribution < -0.4 is 11.1 Å². The predicted molar refractivity (Wildman–Crippen MR) is 113 cm³/mol. The molecular formula is C22H27N3O3S. The van der Waals surface area contributed by atoms with Crippen LogP contribution in [0.25, 0.3) is 10.2 Å². The number of amides is 1. The van der Waals surface area contributed by atoms with Gasteiger partial charge in [-0.1, -0.05) is 0 Å². The summed E-state index contributed by atoms with van der Waals surface area (Å²) in [7, 11) is 0. The van der Waals surface area contributed by atoms with E-state index in [1.165, 1.54) is 30.6 Å². The molecule has 2 heterocycles. The van der Waals surface area contributed by atoms with E-state index in [0.717, 1.165) is 58.5 Å². The van der Waals surface area contributed by atoms with Crippen molar-refractivity contribution >= 4 is 39.1 Å². The van der Waals surface area contributed by atoms with Crippen molar-refractivity contribution in [1.82, 2.24) is 10.3 Å². The molecule has 0 spiro atoms. The average molecular weight is 414 g/mol. The first kappa shape index (κ1) is 18.9. The van der Waals surface area contributed by atoms with Gasteiger partial charge in [0.1, 0.15) is 9.71 Å². The second-order valence-corrected chi connectivity index (χ2v) is 10.4. The van der Waals surface area contributed by atoms with E-state index >= 15 is 0 Å². The Kier molecular flexibility index (Phi) is 4.35. The van der Waals surface area contributed by atoms with Gasteiger partial charge in [0.15, 0.2) is 6.61 Å². The highest BCUT2D eigenvalue weighted by Gasteiger charge is 2.51. The Morgan fingerprint density at radius 1 is 1.21 bits per heavy atom. The van der Waals surface area contributed by atoms with Gasteiger partial charge >= 0.3 is 5.97 Å².